The van der Waals surface area contributed by atoms with Crippen LogP contribution in [0.2, 0.25) is 0 Å². The molecule has 0 bridgehead atoms. The number of benzene rings is 1. The summed E-state index contributed by atoms with van der Waals surface area (Å²) < 4.78 is 17.0. The summed E-state index contributed by atoms with van der Waals surface area (Å²) in [4.78, 5) is 45.7. The Bertz CT molecular complexity index is 1280. The highest BCUT2D eigenvalue weighted by Gasteiger charge is 2.37. The molecule has 1 fully saturated rings. The van der Waals surface area contributed by atoms with Gasteiger partial charge < -0.3 is 29.5 Å². The Morgan fingerprint density at radius 2 is 1.58 bits per heavy atom. The molecule has 2 aromatic rings. The first-order valence-electron chi connectivity index (χ1n) is 14.8. The van der Waals surface area contributed by atoms with Crippen molar-refractivity contribution in [2.75, 3.05) is 19.6 Å². The van der Waals surface area contributed by atoms with E-state index in [0.717, 1.165) is 11.1 Å². The highest BCUT2D eigenvalue weighted by Crippen LogP contribution is 2.27. The van der Waals surface area contributed by atoms with Crippen molar-refractivity contribution in [2.24, 2.45) is 0 Å². The number of piperidine rings is 1. The van der Waals surface area contributed by atoms with Crippen LogP contribution >= 0.6 is 0 Å². The number of hydrogen-bond acceptors (Lipinski definition) is 8. The molecule has 0 radical (unpaired) electrons. The summed E-state index contributed by atoms with van der Waals surface area (Å²) in [6.45, 7) is 12.2. The first kappa shape index (κ1) is 32.1. The van der Waals surface area contributed by atoms with Crippen LogP contribution in [-0.2, 0) is 22.4 Å². The van der Waals surface area contributed by atoms with Gasteiger partial charge in [0.15, 0.2) is 0 Å². The zero-order valence-electron chi connectivity index (χ0n) is 26.0. The zero-order chi connectivity index (χ0) is 31.4. The molecule has 43 heavy (non-hydrogen) atoms. The molecular weight excluding hydrogens is 552 g/mol. The maximum Gasteiger partial charge on any atom is 0.410 e. The summed E-state index contributed by atoms with van der Waals surface area (Å²) in [5.41, 5.74) is 1.15. The van der Waals surface area contributed by atoms with E-state index < -0.39 is 35.3 Å². The molecular formula is C32H44N4O7. The molecule has 4 rings (SSSR count). The molecule has 1 aromatic heterocycles. The number of carbonyl (C=O) groups is 3. The highest BCUT2D eigenvalue weighted by molar-refractivity contribution is 5.93. The SMILES string of the molecule is CC(C)(C)OC(=O)N1CCC(Oc2ccc(C(=O)NC[C@@H](O)[C@@H]3Cc4ccccc4CN3C(=O)OC(C)(C)C)cn2)CC1. The first-order chi connectivity index (χ1) is 20.2. The summed E-state index contributed by atoms with van der Waals surface area (Å²) in [6, 6.07) is 10.5. The van der Waals surface area contributed by atoms with Crippen molar-refractivity contribution < 1.29 is 33.7 Å². The molecule has 234 valence electrons. The summed E-state index contributed by atoms with van der Waals surface area (Å²) in [5, 5.41) is 13.9. The van der Waals surface area contributed by atoms with Crippen molar-refractivity contribution >= 4 is 18.1 Å². The molecule has 0 aliphatic carbocycles. The van der Waals surface area contributed by atoms with Crippen LogP contribution in [0.5, 0.6) is 5.88 Å². The van der Waals surface area contributed by atoms with Crippen molar-refractivity contribution in [3.05, 3.63) is 59.3 Å². The number of amides is 3. The fourth-order valence-electron chi connectivity index (χ4n) is 5.08. The van der Waals surface area contributed by atoms with Crippen molar-refractivity contribution in [3.63, 3.8) is 0 Å². The van der Waals surface area contributed by atoms with Gasteiger partial charge in [0.25, 0.3) is 5.91 Å². The van der Waals surface area contributed by atoms with Crippen molar-refractivity contribution in [2.45, 2.75) is 96.8 Å². The number of likely N-dealkylation sites (tertiary alicyclic amines) is 1. The van der Waals surface area contributed by atoms with E-state index in [4.69, 9.17) is 14.2 Å². The Hall–Kier alpha value is -3.86. The van der Waals surface area contributed by atoms with E-state index in [9.17, 15) is 19.5 Å². The largest absolute Gasteiger partial charge is 0.474 e. The maximum atomic E-state index is 13.0. The van der Waals surface area contributed by atoms with Gasteiger partial charge in [-0.2, -0.15) is 0 Å². The highest BCUT2D eigenvalue weighted by atomic mass is 16.6. The monoisotopic (exact) mass is 596 g/mol. The van der Waals surface area contributed by atoms with Gasteiger partial charge in [0, 0.05) is 51.3 Å². The van der Waals surface area contributed by atoms with Gasteiger partial charge >= 0.3 is 12.2 Å². The maximum absolute atomic E-state index is 13.0. The summed E-state index contributed by atoms with van der Waals surface area (Å²) >= 11 is 0. The second-order valence-corrected chi connectivity index (χ2v) is 13.1. The fourth-order valence-corrected chi connectivity index (χ4v) is 5.08. The van der Waals surface area contributed by atoms with E-state index in [2.05, 4.69) is 10.3 Å². The Kier molecular flexibility index (Phi) is 9.84. The lowest BCUT2D eigenvalue weighted by molar-refractivity contribution is -0.0113. The van der Waals surface area contributed by atoms with Crippen LogP contribution in [0.3, 0.4) is 0 Å². The molecule has 1 saturated heterocycles. The van der Waals surface area contributed by atoms with E-state index in [-0.39, 0.29) is 18.7 Å². The predicted molar refractivity (Wildman–Crippen MR) is 160 cm³/mol. The van der Waals surface area contributed by atoms with Gasteiger partial charge in [-0.15, -0.1) is 0 Å². The molecule has 11 nitrogen and oxygen atoms in total. The average Bonchev–Trinajstić information content (AvgIpc) is 2.94. The number of aliphatic hydroxyl groups excluding tert-OH is 1. The lowest BCUT2D eigenvalue weighted by atomic mass is 9.91. The number of fused-ring (bicyclic) bond motifs is 1. The standard InChI is InChI=1S/C32H44N4O7/c1-31(2,3)42-29(39)35-15-13-24(14-16-35)41-27-12-11-22(18-33-27)28(38)34-19-26(37)25-17-21-9-7-8-10-23(21)20-36(25)30(40)43-32(4,5)6/h7-12,18,24-26,37H,13-17,19-20H2,1-6H3,(H,34,38)/t25-,26+/m0/s1. The molecule has 3 heterocycles. The molecule has 2 atom stereocenters. The van der Waals surface area contributed by atoms with E-state index >= 15 is 0 Å². The van der Waals surface area contributed by atoms with Crippen LogP contribution in [0, 0.1) is 0 Å². The van der Waals surface area contributed by atoms with Crippen LogP contribution in [0.15, 0.2) is 42.6 Å². The van der Waals surface area contributed by atoms with E-state index in [1.54, 1.807) is 37.8 Å². The second-order valence-electron chi connectivity index (χ2n) is 13.1. The summed E-state index contributed by atoms with van der Waals surface area (Å²) in [7, 11) is 0. The van der Waals surface area contributed by atoms with Crippen LogP contribution in [0.4, 0.5) is 9.59 Å². The number of nitrogens with zero attached hydrogens (tertiary/aromatic N) is 3. The number of aliphatic hydroxyl groups is 1. The number of aromatic nitrogens is 1. The normalized spacial score (nSPS) is 18.3. The minimum atomic E-state index is -1.02. The van der Waals surface area contributed by atoms with Gasteiger partial charge in [-0.05, 0) is 65.2 Å². The van der Waals surface area contributed by atoms with Crippen LogP contribution in [-0.4, -0.2) is 87.1 Å². The lowest BCUT2D eigenvalue weighted by Gasteiger charge is -2.40. The molecule has 0 saturated carbocycles. The van der Waals surface area contributed by atoms with E-state index in [0.29, 0.717) is 50.3 Å². The lowest BCUT2D eigenvalue weighted by Crippen LogP contribution is -2.54. The molecule has 2 aliphatic heterocycles. The fraction of sp³-hybridized carbons (Fsp3) is 0.562. The van der Waals surface area contributed by atoms with Crippen molar-refractivity contribution in [1.82, 2.24) is 20.1 Å². The van der Waals surface area contributed by atoms with Gasteiger partial charge in [0.1, 0.15) is 17.3 Å². The molecule has 2 N–H and O–H groups in total. The van der Waals surface area contributed by atoms with Gasteiger partial charge in [-0.25, -0.2) is 14.6 Å². The third kappa shape index (κ3) is 9.06. The van der Waals surface area contributed by atoms with Gasteiger partial charge in [0.05, 0.1) is 17.7 Å². The Morgan fingerprint density at radius 3 is 2.19 bits per heavy atom. The predicted octanol–water partition coefficient (Wildman–Crippen LogP) is 4.31. The van der Waals surface area contributed by atoms with Crippen molar-refractivity contribution in [1.29, 1.82) is 0 Å². The topological polar surface area (TPSA) is 131 Å². The molecule has 11 heteroatoms. The smallest absolute Gasteiger partial charge is 0.410 e. The Labute approximate surface area is 253 Å². The minimum Gasteiger partial charge on any atom is -0.474 e. The third-order valence-corrected chi connectivity index (χ3v) is 7.21. The third-order valence-electron chi connectivity index (χ3n) is 7.21. The zero-order valence-corrected chi connectivity index (χ0v) is 26.0. The van der Waals surface area contributed by atoms with Crippen LogP contribution in [0.25, 0.3) is 0 Å². The number of rotatable bonds is 6. The minimum absolute atomic E-state index is 0.0561. The molecule has 1 aromatic carbocycles. The number of nitrogens with one attached hydrogen (secondary N) is 1. The van der Waals surface area contributed by atoms with Crippen LogP contribution < -0.4 is 10.1 Å². The van der Waals surface area contributed by atoms with Crippen LogP contribution in [0.1, 0.15) is 75.9 Å². The quantitative estimate of drug-likeness (QED) is 0.505. The van der Waals surface area contributed by atoms with E-state index in [1.807, 2.05) is 45.0 Å². The molecule has 0 unspecified atom stereocenters. The average molecular weight is 597 g/mol. The number of pyridine rings is 1. The number of hydrogen-bond donors (Lipinski definition) is 2. The first-order valence-corrected chi connectivity index (χ1v) is 14.8. The second kappa shape index (κ2) is 13.2. The Morgan fingerprint density at radius 1 is 0.953 bits per heavy atom. The summed E-state index contributed by atoms with van der Waals surface area (Å²) in [5.74, 6) is -0.00928. The number of carbonyl (C=O) groups excluding carboxylic acids is 3. The Balaban J connectivity index is 1.29. The van der Waals surface area contributed by atoms with Crippen molar-refractivity contribution in [3.8, 4) is 5.88 Å². The van der Waals surface area contributed by atoms with E-state index in [1.165, 1.54) is 11.1 Å². The van der Waals surface area contributed by atoms with Gasteiger partial charge in [0.2, 0.25) is 5.88 Å². The van der Waals surface area contributed by atoms with Gasteiger partial charge in [-0.1, -0.05) is 24.3 Å². The molecule has 0 spiro atoms. The summed E-state index contributed by atoms with van der Waals surface area (Å²) in [6.07, 6.45) is 1.21. The molecule has 3 amide bonds. The number of ether oxygens (including phenoxy) is 3. The van der Waals surface area contributed by atoms with Gasteiger partial charge in [-0.3, -0.25) is 9.69 Å². The molecule has 2 aliphatic rings.